The summed E-state index contributed by atoms with van der Waals surface area (Å²) >= 11 is 0. The van der Waals surface area contributed by atoms with Crippen molar-refractivity contribution in [3.63, 3.8) is 0 Å². The molecule has 0 aliphatic heterocycles. The quantitative estimate of drug-likeness (QED) is 0.610. The molecule has 0 unspecified atom stereocenters. The number of nitrogens with zero attached hydrogens (tertiary/aromatic N) is 1. The highest BCUT2D eigenvalue weighted by atomic mass is 19.1. The van der Waals surface area contributed by atoms with Crippen molar-refractivity contribution in [2.45, 2.75) is 38.6 Å². The molecular weight excluding hydrogens is 378 g/mol. The lowest BCUT2D eigenvalue weighted by Crippen LogP contribution is -2.44. The monoisotopic (exact) mass is 404 g/mol. The summed E-state index contributed by atoms with van der Waals surface area (Å²) < 4.78 is 27.8. The Kier molecular flexibility index (Phi) is 8.21. The number of nitrogens with one attached hydrogen (secondary N) is 2. The molecule has 1 aliphatic rings. The molecule has 1 aromatic rings. The van der Waals surface area contributed by atoms with Crippen LogP contribution >= 0.6 is 0 Å². The molecule has 0 saturated heterocycles. The number of nitrogens with two attached hydrogens (primary N) is 1. The minimum absolute atomic E-state index is 0.0295. The van der Waals surface area contributed by atoms with Crippen molar-refractivity contribution in [2.75, 3.05) is 6.54 Å². The molecule has 1 saturated carbocycles. The molecule has 2 amide bonds. The average Bonchev–Trinajstić information content (AvgIpc) is 2.71. The molecule has 0 radical (unpaired) electrons. The zero-order valence-corrected chi connectivity index (χ0v) is 16.4. The van der Waals surface area contributed by atoms with Crippen molar-refractivity contribution >= 4 is 17.5 Å². The van der Waals surface area contributed by atoms with Crippen molar-refractivity contribution in [3.05, 3.63) is 59.9 Å². The number of allylic oxidation sites excluding steroid dienone is 1. The number of carbonyl (C=O) groups is 2. The van der Waals surface area contributed by atoms with Gasteiger partial charge in [-0.05, 0) is 57.2 Å². The molecule has 0 aromatic heterocycles. The molecule has 2 rings (SSSR count). The summed E-state index contributed by atoms with van der Waals surface area (Å²) in [7, 11) is 0. The van der Waals surface area contributed by atoms with E-state index >= 15 is 0 Å². The fourth-order valence-corrected chi connectivity index (χ4v) is 3.31. The van der Waals surface area contributed by atoms with E-state index < -0.39 is 29.0 Å². The standard InChI is InChI=1S/C21H26F2N4O2/c1-3-17(27-20(28)18-15(22)6-5-7-16(18)23)19(25-4-2)21(29)26-14-10-8-13(12-24)9-11-14/h3-7,13-14H,2,8-12,24H2,1H3,(H,26,29)(H,27,28)/b17-3+,25-19?. The number of halogens is 2. The summed E-state index contributed by atoms with van der Waals surface area (Å²) in [5.41, 5.74) is 4.90. The Morgan fingerprint density at radius 2 is 1.86 bits per heavy atom. The van der Waals surface area contributed by atoms with Gasteiger partial charge in [0.25, 0.3) is 11.8 Å². The van der Waals surface area contributed by atoms with Gasteiger partial charge >= 0.3 is 0 Å². The van der Waals surface area contributed by atoms with Gasteiger partial charge in [-0.3, -0.25) is 9.59 Å². The Balaban J connectivity index is 2.13. The summed E-state index contributed by atoms with van der Waals surface area (Å²) in [6.45, 7) is 5.70. The number of amides is 2. The van der Waals surface area contributed by atoms with Crippen LogP contribution in [0, 0.1) is 17.6 Å². The van der Waals surface area contributed by atoms with E-state index in [1.807, 2.05) is 0 Å². The third kappa shape index (κ3) is 5.80. The molecule has 29 heavy (non-hydrogen) atoms. The predicted octanol–water partition coefficient (Wildman–Crippen LogP) is 2.82. The molecule has 0 bridgehead atoms. The van der Waals surface area contributed by atoms with Gasteiger partial charge in [0.15, 0.2) is 5.71 Å². The zero-order chi connectivity index (χ0) is 21.4. The van der Waals surface area contributed by atoms with Crippen LogP contribution in [0.4, 0.5) is 8.78 Å². The summed E-state index contributed by atoms with van der Waals surface area (Å²) in [6.07, 6.45) is 6.05. The Labute approximate surface area is 169 Å². The maximum atomic E-state index is 13.9. The van der Waals surface area contributed by atoms with Crippen LogP contribution in [0.2, 0.25) is 0 Å². The van der Waals surface area contributed by atoms with Gasteiger partial charge in [0.1, 0.15) is 17.2 Å². The maximum absolute atomic E-state index is 13.9. The lowest BCUT2D eigenvalue weighted by Gasteiger charge is -2.28. The van der Waals surface area contributed by atoms with E-state index in [9.17, 15) is 18.4 Å². The zero-order valence-electron chi connectivity index (χ0n) is 16.4. The van der Waals surface area contributed by atoms with E-state index in [0.717, 1.165) is 43.9 Å². The highest BCUT2D eigenvalue weighted by molar-refractivity contribution is 6.45. The smallest absolute Gasteiger partial charge is 0.272 e. The molecule has 0 spiro atoms. The maximum Gasteiger partial charge on any atom is 0.272 e. The fourth-order valence-electron chi connectivity index (χ4n) is 3.31. The summed E-state index contributed by atoms with van der Waals surface area (Å²) in [5, 5.41) is 5.27. The number of rotatable bonds is 7. The predicted molar refractivity (Wildman–Crippen MR) is 108 cm³/mol. The van der Waals surface area contributed by atoms with Crippen LogP contribution in [0.5, 0.6) is 0 Å². The van der Waals surface area contributed by atoms with Crippen LogP contribution in [0.15, 0.2) is 47.7 Å². The lowest BCUT2D eigenvalue weighted by atomic mass is 9.86. The third-order valence-electron chi connectivity index (χ3n) is 4.93. The van der Waals surface area contributed by atoms with Crippen LogP contribution in [-0.4, -0.2) is 30.1 Å². The lowest BCUT2D eigenvalue weighted by molar-refractivity contribution is -0.115. The second-order valence-electron chi connectivity index (χ2n) is 6.84. The van der Waals surface area contributed by atoms with Crippen molar-refractivity contribution in [3.8, 4) is 0 Å². The topological polar surface area (TPSA) is 96.6 Å². The van der Waals surface area contributed by atoms with Gasteiger partial charge in [-0.15, -0.1) is 0 Å². The molecule has 1 aliphatic carbocycles. The van der Waals surface area contributed by atoms with E-state index in [1.54, 1.807) is 6.92 Å². The minimum Gasteiger partial charge on any atom is -0.348 e. The van der Waals surface area contributed by atoms with Crippen LogP contribution in [-0.2, 0) is 4.79 Å². The number of benzene rings is 1. The molecule has 156 valence electrons. The molecular formula is C21H26F2N4O2. The Hall–Kier alpha value is -2.87. The van der Waals surface area contributed by atoms with E-state index in [-0.39, 0.29) is 17.5 Å². The van der Waals surface area contributed by atoms with Gasteiger partial charge in [-0.25, -0.2) is 13.8 Å². The molecule has 8 heteroatoms. The Morgan fingerprint density at radius 1 is 1.24 bits per heavy atom. The van der Waals surface area contributed by atoms with Gasteiger partial charge in [-0.1, -0.05) is 18.7 Å². The first-order chi connectivity index (χ1) is 13.9. The second kappa shape index (κ2) is 10.6. The number of hydrogen-bond acceptors (Lipinski definition) is 4. The highest BCUT2D eigenvalue weighted by Gasteiger charge is 2.26. The first-order valence-corrected chi connectivity index (χ1v) is 9.52. The average molecular weight is 404 g/mol. The van der Waals surface area contributed by atoms with Gasteiger partial charge in [-0.2, -0.15) is 0 Å². The van der Waals surface area contributed by atoms with E-state index in [1.165, 1.54) is 12.3 Å². The van der Waals surface area contributed by atoms with Crippen LogP contribution < -0.4 is 16.4 Å². The van der Waals surface area contributed by atoms with Gasteiger partial charge in [0.2, 0.25) is 0 Å². The first-order valence-electron chi connectivity index (χ1n) is 9.52. The third-order valence-corrected chi connectivity index (χ3v) is 4.93. The molecule has 0 heterocycles. The molecule has 1 fully saturated rings. The largest absolute Gasteiger partial charge is 0.348 e. The molecule has 0 atom stereocenters. The van der Waals surface area contributed by atoms with Gasteiger partial charge < -0.3 is 16.4 Å². The molecule has 6 nitrogen and oxygen atoms in total. The van der Waals surface area contributed by atoms with Crippen molar-refractivity contribution in [2.24, 2.45) is 16.6 Å². The normalized spacial score (nSPS) is 20.1. The van der Waals surface area contributed by atoms with Crippen LogP contribution in [0.3, 0.4) is 0 Å². The van der Waals surface area contributed by atoms with Crippen molar-refractivity contribution in [1.82, 2.24) is 10.6 Å². The second-order valence-corrected chi connectivity index (χ2v) is 6.84. The SMILES string of the molecule is C=CN=C(C(=O)NC1CCC(CN)CC1)/C(=C\C)NC(=O)c1c(F)cccc1F. The number of hydrogen-bond donors (Lipinski definition) is 3. The summed E-state index contributed by atoms with van der Waals surface area (Å²) in [6, 6.07) is 3.10. The van der Waals surface area contributed by atoms with Crippen LogP contribution in [0.1, 0.15) is 43.0 Å². The van der Waals surface area contributed by atoms with Gasteiger partial charge in [0, 0.05) is 12.2 Å². The summed E-state index contributed by atoms with van der Waals surface area (Å²) in [5.74, 6) is -3.04. The highest BCUT2D eigenvalue weighted by Crippen LogP contribution is 2.23. The number of carbonyl (C=O) groups excluding carboxylic acids is 2. The fraction of sp³-hybridized carbons (Fsp3) is 0.381. The van der Waals surface area contributed by atoms with E-state index in [2.05, 4.69) is 22.2 Å². The minimum atomic E-state index is -1.01. The number of aliphatic imine (C=N–C) groups is 1. The van der Waals surface area contributed by atoms with Gasteiger partial charge in [0.05, 0.1) is 5.70 Å². The Morgan fingerprint density at radius 3 is 2.38 bits per heavy atom. The molecule has 4 N–H and O–H groups in total. The van der Waals surface area contributed by atoms with E-state index in [4.69, 9.17) is 5.73 Å². The Bertz CT molecular complexity index is 808. The van der Waals surface area contributed by atoms with Crippen molar-refractivity contribution < 1.29 is 18.4 Å². The van der Waals surface area contributed by atoms with E-state index in [0.29, 0.717) is 12.5 Å². The van der Waals surface area contributed by atoms with Crippen molar-refractivity contribution in [1.29, 1.82) is 0 Å². The molecule has 1 aromatic carbocycles. The first kappa shape index (κ1) is 22.4. The van der Waals surface area contributed by atoms with Crippen LogP contribution in [0.25, 0.3) is 0 Å². The summed E-state index contributed by atoms with van der Waals surface area (Å²) in [4.78, 5) is 29.1.